The zero-order valence-corrected chi connectivity index (χ0v) is 10.6. The Labute approximate surface area is 107 Å². The Morgan fingerprint density at radius 1 is 1.22 bits per heavy atom. The zero-order chi connectivity index (χ0) is 12.4. The molecule has 2 N–H and O–H groups in total. The van der Waals surface area contributed by atoms with Crippen LogP contribution in [0.15, 0.2) is 24.5 Å². The standard InChI is InChI=1S/C14H18N4/c1-10-8-13(12-4-7-16-9-12)18-14(17-10)11-2-5-15-6-3-11/h4,7-9,11,15-16H,2-3,5-6H2,1H3. The number of aromatic nitrogens is 3. The van der Waals surface area contributed by atoms with E-state index in [0.717, 1.165) is 48.7 Å². The lowest BCUT2D eigenvalue weighted by atomic mass is 9.97. The first-order valence-electron chi connectivity index (χ1n) is 6.52. The molecule has 3 rings (SSSR count). The lowest BCUT2D eigenvalue weighted by Gasteiger charge is -2.21. The van der Waals surface area contributed by atoms with Crippen LogP contribution in [0.2, 0.25) is 0 Å². The van der Waals surface area contributed by atoms with Crippen LogP contribution in [0.25, 0.3) is 11.3 Å². The summed E-state index contributed by atoms with van der Waals surface area (Å²) in [5, 5.41) is 3.38. The third-order valence-electron chi connectivity index (χ3n) is 3.47. The minimum Gasteiger partial charge on any atom is -0.367 e. The molecular formula is C14H18N4. The molecule has 0 saturated carbocycles. The van der Waals surface area contributed by atoms with E-state index in [2.05, 4.69) is 15.3 Å². The number of H-pyrrole nitrogens is 1. The van der Waals surface area contributed by atoms with Crippen molar-refractivity contribution in [3.8, 4) is 11.3 Å². The predicted octanol–water partition coefficient (Wildman–Crippen LogP) is 2.25. The molecule has 0 spiro atoms. The lowest BCUT2D eigenvalue weighted by molar-refractivity contribution is 0.444. The van der Waals surface area contributed by atoms with Crippen molar-refractivity contribution in [3.05, 3.63) is 36.0 Å². The van der Waals surface area contributed by atoms with Crippen molar-refractivity contribution in [2.24, 2.45) is 0 Å². The van der Waals surface area contributed by atoms with Crippen LogP contribution in [0, 0.1) is 6.92 Å². The van der Waals surface area contributed by atoms with Crippen molar-refractivity contribution in [2.45, 2.75) is 25.7 Å². The summed E-state index contributed by atoms with van der Waals surface area (Å²) in [5.41, 5.74) is 3.21. The second-order valence-corrected chi connectivity index (χ2v) is 4.88. The maximum absolute atomic E-state index is 4.74. The summed E-state index contributed by atoms with van der Waals surface area (Å²) in [6.07, 6.45) is 6.18. The van der Waals surface area contributed by atoms with Crippen molar-refractivity contribution in [3.63, 3.8) is 0 Å². The Morgan fingerprint density at radius 2 is 2.06 bits per heavy atom. The molecule has 2 aromatic heterocycles. The van der Waals surface area contributed by atoms with Crippen LogP contribution in [0.3, 0.4) is 0 Å². The van der Waals surface area contributed by atoms with Crippen LogP contribution in [-0.4, -0.2) is 28.0 Å². The van der Waals surface area contributed by atoms with Crippen LogP contribution in [0.1, 0.15) is 30.3 Å². The topological polar surface area (TPSA) is 53.6 Å². The van der Waals surface area contributed by atoms with Gasteiger partial charge in [-0.15, -0.1) is 0 Å². The van der Waals surface area contributed by atoms with E-state index in [1.54, 1.807) is 0 Å². The Kier molecular flexibility index (Phi) is 3.11. The average molecular weight is 242 g/mol. The highest BCUT2D eigenvalue weighted by Gasteiger charge is 2.18. The molecule has 4 heteroatoms. The maximum Gasteiger partial charge on any atom is 0.132 e. The molecule has 0 radical (unpaired) electrons. The molecule has 3 heterocycles. The largest absolute Gasteiger partial charge is 0.367 e. The second-order valence-electron chi connectivity index (χ2n) is 4.88. The number of aryl methyl sites for hydroxylation is 1. The smallest absolute Gasteiger partial charge is 0.132 e. The van der Waals surface area contributed by atoms with Gasteiger partial charge in [0, 0.05) is 29.6 Å². The van der Waals surface area contributed by atoms with E-state index in [-0.39, 0.29) is 0 Å². The van der Waals surface area contributed by atoms with Crippen molar-refractivity contribution in [1.29, 1.82) is 0 Å². The first kappa shape index (κ1) is 11.4. The first-order chi connectivity index (χ1) is 8.83. The minimum absolute atomic E-state index is 0.504. The molecule has 0 bridgehead atoms. The summed E-state index contributed by atoms with van der Waals surface area (Å²) in [7, 11) is 0. The summed E-state index contributed by atoms with van der Waals surface area (Å²) in [6, 6.07) is 4.10. The molecule has 0 aliphatic carbocycles. The fourth-order valence-corrected chi connectivity index (χ4v) is 2.49. The van der Waals surface area contributed by atoms with E-state index in [4.69, 9.17) is 4.98 Å². The fourth-order valence-electron chi connectivity index (χ4n) is 2.49. The number of hydrogen-bond acceptors (Lipinski definition) is 3. The third kappa shape index (κ3) is 2.29. The van der Waals surface area contributed by atoms with Gasteiger partial charge in [-0.25, -0.2) is 9.97 Å². The van der Waals surface area contributed by atoms with E-state index < -0.39 is 0 Å². The fraction of sp³-hybridized carbons (Fsp3) is 0.429. The molecule has 1 aliphatic heterocycles. The van der Waals surface area contributed by atoms with E-state index in [1.807, 2.05) is 31.5 Å². The molecule has 18 heavy (non-hydrogen) atoms. The molecule has 0 atom stereocenters. The number of nitrogens with zero attached hydrogens (tertiary/aromatic N) is 2. The van der Waals surface area contributed by atoms with Gasteiger partial charge in [-0.1, -0.05) is 0 Å². The number of hydrogen-bond donors (Lipinski definition) is 2. The normalized spacial score (nSPS) is 16.9. The Bertz CT molecular complexity index is 513. The predicted molar refractivity (Wildman–Crippen MR) is 71.4 cm³/mol. The van der Waals surface area contributed by atoms with E-state index in [1.165, 1.54) is 0 Å². The highest BCUT2D eigenvalue weighted by atomic mass is 14.9. The van der Waals surface area contributed by atoms with Gasteiger partial charge in [0.1, 0.15) is 5.82 Å². The molecule has 4 nitrogen and oxygen atoms in total. The molecule has 0 amide bonds. The number of rotatable bonds is 2. The van der Waals surface area contributed by atoms with Crippen LogP contribution >= 0.6 is 0 Å². The van der Waals surface area contributed by atoms with Gasteiger partial charge < -0.3 is 10.3 Å². The summed E-state index contributed by atoms with van der Waals surface area (Å²) in [4.78, 5) is 12.4. The van der Waals surface area contributed by atoms with Gasteiger partial charge in [-0.2, -0.15) is 0 Å². The highest BCUT2D eigenvalue weighted by Crippen LogP contribution is 2.25. The maximum atomic E-state index is 4.74. The lowest BCUT2D eigenvalue weighted by Crippen LogP contribution is -2.27. The van der Waals surface area contributed by atoms with Crippen LogP contribution in [-0.2, 0) is 0 Å². The van der Waals surface area contributed by atoms with E-state index in [0.29, 0.717) is 5.92 Å². The van der Waals surface area contributed by atoms with Crippen molar-refractivity contribution in [1.82, 2.24) is 20.3 Å². The van der Waals surface area contributed by atoms with Gasteiger partial charge in [-0.3, -0.25) is 0 Å². The van der Waals surface area contributed by atoms with Crippen molar-refractivity contribution < 1.29 is 0 Å². The van der Waals surface area contributed by atoms with Crippen LogP contribution in [0.4, 0.5) is 0 Å². The van der Waals surface area contributed by atoms with Crippen LogP contribution < -0.4 is 5.32 Å². The van der Waals surface area contributed by atoms with Gasteiger partial charge in [-0.05, 0) is 45.0 Å². The second kappa shape index (κ2) is 4.90. The summed E-state index contributed by atoms with van der Waals surface area (Å²) < 4.78 is 0. The highest BCUT2D eigenvalue weighted by molar-refractivity contribution is 5.58. The van der Waals surface area contributed by atoms with Crippen LogP contribution in [0.5, 0.6) is 0 Å². The van der Waals surface area contributed by atoms with Gasteiger partial charge in [0.2, 0.25) is 0 Å². The molecular weight excluding hydrogens is 224 g/mol. The number of nitrogens with one attached hydrogen (secondary N) is 2. The number of piperidine rings is 1. The van der Waals surface area contributed by atoms with Crippen molar-refractivity contribution >= 4 is 0 Å². The third-order valence-corrected chi connectivity index (χ3v) is 3.47. The molecule has 1 saturated heterocycles. The monoisotopic (exact) mass is 242 g/mol. The molecule has 2 aromatic rings. The SMILES string of the molecule is Cc1cc(-c2cc[nH]c2)nc(C2CCNCC2)n1. The van der Waals surface area contributed by atoms with Gasteiger partial charge >= 0.3 is 0 Å². The molecule has 94 valence electrons. The minimum atomic E-state index is 0.504. The Hall–Kier alpha value is -1.68. The van der Waals surface area contributed by atoms with E-state index in [9.17, 15) is 0 Å². The molecule has 0 unspecified atom stereocenters. The first-order valence-corrected chi connectivity index (χ1v) is 6.52. The Balaban J connectivity index is 1.95. The summed E-state index contributed by atoms with van der Waals surface area (Å²) >= 11 is 0. The molecule has 0 aromatic carbocycles. The van der Waals surface area contributed by atoms with Gasteiger partial charge in [0.05, 0.1) is 5.69 Å². The summed E-state index contributed by atoms with van der Waals surface area (Å²) in [5.74, 6) is 1.51. The quantitative estimate of drug-likeness (QED) is 0.849. The van der Waals surface area contributed by atoms with Crippen molar-refractivity contribution in [2.75, 3.05) is 13.1 Å². The van der Waals surface area contributed by atoms with E-state index >= 15 is 0 Å². The van der Waals surface area contributed by atoms with Gasteiger partial charge in [0.25, 0.3) is 0 Å². The van der Waals surface area contributed by atoms with Gasteiger partial charge in [0.15, 0.2) is 0 Å². The molecule has 1 fully saturated rings. The molecule has 1 aliphatic rings. The number of aromatic amines is 1. The summed E-state index contributed by atoms with van der Waals surface area (Å²) in [6.45, 7) is 4.19. The zero-order valence-electron chi connectivity index (χ0n) is 10.6. The Morgan fingerprint density at radius 3 is 2.78 bits per heavy atom. The average Bonchev–Trinajstić information content (AvgIpc) is 2.93.